The van der Waals surface area contributed by atoms with Crippen molar-refractivity contribution in [2.24, 2.45) is 0 Å². The Morgan fingerprint density at radius 2 is 1.29 bits per heavy atom. The predicted octanol–water partition coefficient (Wildman–Crippen LogP) is 3.90. The Labute approximate surface area is 286 Å². The van der Waals surface area contributed by atoms with Crippen LogP contribution in [0.2, 0.25) is 0 Å². The lowest BCUT2D eigenvalue weighted by Crippen LogP contribution is -2.54. The predicted molar refractivity (Wildman–Crippen MR) is 188 cm³/mol. The molecule has 1 aliphatic rings. The van der Waals surface area contributed by atoms with Gasteiger partial charge in [0.25, 0.3) is 5.91 Å². The Bertz CT molecular complexity index is 1870. The number of nitrogens with zero attached hydrogens (tertiary/aromatic N) is 2. The van der Waals surface area contributed by atoms with Crippen LogP contribution in [0.5, 0.6) is 11.5 Å². The van der Waals surface area contributed by atoms with Crippen LogP contribution in [0, 0.1) is 0 Å². The number of ether oxygens (including phenoxy) is 2. The van der Waals surface area contributed by atoms with E-state index in [1.807, 2.05) is 36.4 Å². The van der Waals surface area contributed by atoms with E-state index in [2.05, 4.69) is 10.0 Å². The number of methoxy groups -OCH3 is 2. The highest BCUT2D eigenvalue weighted by molar-refractivity contribution is 7.90. The Morgan fingerprint density at radius 3 is 1.82 bits per heavy atom. The van der Waals surface area contributed by atoms with E-state index in [1.165, 1.54) is 16.9 Å². The second-order valence-corrected chi connectivity index (χ2v) is 13.7. The minimum atomic E-state index is -4.37. The van der Waals surface area contributed by atoms with Crippen molar-refractivity contribution >= 4 is 39.1 Å². The third-order valence-corrected chi connectivity index (χ3v) is 9.97. The van der Waals surface area contributed by atoms with Crippen LogP contribution >= 0.6 is 0 Å². The smallest absolute Gasteiger partial charge is 0.253 e. The fourth-order valence-electron chi connectivity index (χ4n) is 5.91. The van der Waals surface area contributed by atoms with Gasteiger partial charge in [-0.1, -0.05) is 60.7 Å². The van der Waals surface area contributed by atoms with E-state index in [1.54, 1.807) is 94.0 Å². The lowest BCUT2D eigenvalue weighted by molar-refractivity contribution is -0.127. The Balaban J connectivity index is 1.35. The van der Waals surface area contributed by atoms with Gasteiger partial charge < -0.3 is 24.6 Å². The van der Waals surface area contributed by atoms with Crippen molar-refractivity contribution in [3.63, 3.8) is 0 Å². The first-order valence-electron chi connectivity index (χ1n) is 15.7. The van der Waals surface area contributed by atoms with Crippen LogP contribution in [-0.2, 0) is 30.8 Å². The van der Waals surface area contributed by atoms with E-state index in [4.69, 9.17) is 9.47 Å². The molecule has 1 fully saturated rings. The van der Waals surface area contributed by atoms with Gasteiger partial charge in [-0.15, -0.1) is 0 Å². The number of sulfonamides is 1. The summed E-state index contributed by atoms with van der Waals surface area (Å²) in [5, 5.41) is 2.78. The summed E-state index contributed by atoms with van der Waals surface area (Å²) < 4.78 is 40.0. The molecular formula is C37H40N4O7S. The van der Waals surface area contributed by atoms with Crippen LogP contribution in [0.4, 0.5) is 11.4 Å². The highest BCUT2D eigenvalue weighted by atomic mass is 32.2. The summed E-state index contributed by atoms with van der Waals surface area (Å²) in [4.78, 5) is 44.1. The molecule has 4 aromatic carbocycles. The second kappa shape index (κ2) is 14.9. The molecule has 11 nitrogen and oxygen atoms in total. The van der Waals surface area contributed by atoms with Crippen LogP contribution in [0.3, 0.4) is 0 Å². The molecule has 0 saturated heterocycles. The molecule has 3 amide bonds. The SMILES string of the molecule is COc1ccc(N(C)C(=O)[C@H](Cc2ccccc2)NS(=O)(=O)CC(=O)N[C@@]2(C(=O)N(C)c3ccc(OC)cc3)CC2c2ccccc2)cc1. The molecule has 0 aromatic heterocycles. The first kappa shape index (κ1) is 35.1. The van der Waals surface area contributed by atoms with Crippen LogP contribution in [0.1, 0.15) is 23.5 Å². The summed E-state index contributed by atoms with van der Waals surface area (Å²) in [5.41, 5.74) is 1.32. The summed E-state index contributed by atoms with van der Waals surface area (Å²) in [5.74, 6) is -1.89. The lowest BCUT2D eigenvalue weighted by atomic mass is 10.0. The van der Waals surface area contributed by atoms with Gasteiger partial charge in [0.1, 0.15) is 28.8 Å². The first-order chi connectivity index (χ1) is 23.5. The van der Waals surface area contributed by atoms with E-state index in [9.17, 15) is 22.8 Å². The van der Waals surface area contributed by atoms with Crippen molar-refractivity contribution in [1.82, 2.24) is 10.0 Å². The van der Waals surface area contributed by atoms with E-state index in [-0.39, 0.29) is 24.7 Å². The zero-order valence-corrected chi connectivity index (χ0v) is 28.6. The number of nitrogens with one attached hydrogen (secondary N) is 2. The molecule has 0 heterocycles. The van der Waals surface area contributed by atoms with Gasteiger partial charge in [0.05, 0.1) is 14.2 Å². The molecule has 5 rings (SSSR count). The Morgan fingerprint density at radius 1 is 0.776 bits per heavy atom. The maximum absolute atomic E-state index is 14.0. The molecular weight excluding hydrogens is 644 g/mol. The number of rotatable bonds is 14. The lowest BCUT2D eigenvalue weighted by Gasteiger charge is -2.27. The first-order valence-corrected chi connectivity index (χ1v) is 17.4. The van der Waals surface area contributed by atoms with Gasteiger partial charge in [0, 0.05) is 31.4 Å². The van der Waals surface area contributed by atoms with Gasteiger partial charge in [0.2, 0.25) is 21.8 Å². The molecule has 2 N–H and O–H groups in total. The van der Waals surface area contributed by atoms with Gasteiger partial charge in [0.15, 0.2) is 0 Å². The highest BCUT2D eigenvalue weighted by Crippen LogP contribution is 2.52. The Kier molecular flexibility index (Phi) is 10.7. The van der Waals surface area contributed by atoms with Gasteiger partial charge in [-0.3, -0.25) is 14.4 Å². The second-order valence-electron chi connectivity index (χ2n) is 12.0. The normalized spacial score (nSPS) is 17.3. The van der Waals surface area contributed by atoms with Crippen molar-refractivity contribution in [3.05, 3.63) is 120 Å². The van der Waals surface area contributed by atoms with Crippen LogP contribution in [0.25, 0.3) is 0 Å². The van der Waals surface area contributed by atoms with Crippen LogP contribution < -0.4 is 29.3 Å². The monoisotopic (exact) mass is 684 g/mol. The quantitative estimate of drug-likeness (QED) is 0.206. The molecule has 1 saturated carbocycles. The third-order valence-electron chi connectivity index (χ3n) is 8.69. The van der Waals surface area contributed by atoms with Gasteiger partial charge in [-0.2, -0.15) is 0 Å². The van der Waals surface area contributed by atoms with Gasteiger partial charge >= 0.3 is 0 Å². The fourth-order valence-corrected chi connectivity index (χ4v) is 7.03. The van der Waals surface area contributed by atoms with Crippen molar-refractivity contribution in [1.29, 1.82) is 0 Å². The van der Waals surface area contributed by atoms with E-state index < -0.39 is 39.2 Å². The molecule has 3 atom stereocenters. The number of carbonyl (C=O) groups excluding carboxylic acids is 3. The summed E-state index contributed by atoms with van der Waals surface area (Å²) in [7, 11) is 1.87. The standard InChI is InChI=1S/C37H40N4O7S/c1-40(28-15-19-30(47-3)20-16-28)35(43)33(23-26-11-7-5-8-12-26)39-49(45,46)25-34(42)38-37(24-32(37)27-13-9-6-10-14-27)36(44)41(2)29-17-21-31(48-4)22-18-29/h5-22,32-33,39H,23-25H2,1-4H3,(H,38,42)/t32?,33-,37-/m0/s1. The van der Waals surface area contributed by atoms with E-state index in [0.29, 0.717) is 22.9 Å². The van der Waals surface area contributed by atoms with Crippen LogP contribution in [0.15, 0.2) is 109 Å². The fraction of sp³-hybridized carbons (Fsp3) is 0.270. The van der Waals surface area contributed by atoms with Crippen molar-refractivity contribution in [2.75, 3.05) is 43.9 Å². The maximum Gasteiger partial charge on any atom is 0.253 e. The molecule has 256 valence electrons. The zero-order valence-electron chi connectivity index (χ0n) is 27.8. The van der Waals surface area contributed by atoms with Gasteiger partial charge in [-0.25, -0.2) is 13.1 Å². The maximum atomic E-state index is 14.0. The summed E-state index contributed by atoms with van der Waals surface area (Å²) >= 11 is 0. The summed E-state index contributed by atoms with van der Waals surface area (Å²) in [6.07, 6.45) is 0.337. The average molecular weight is 685 g/mol. The molecule has 4 aromatic rings. The largest absolute Gasteiger partial charge is 0.497 e. The molecule has 1 aliphatic carbocycles. The molecule has 12 heteroatoms. The minimum Gasteiger partial charge on any atom is -0.497 e. The average Bonchev–Trinajstić information content (AvgIpc) is 3.85. The zero-order chi connectivity index (χ0) is 35.2. The summed E-state index contributed by atoms with van der Waals surface area (Å²) in [6.45, 7) is 0. The van der Waals surface area contributed by atoms with E-state index >= 15 is 0 Å². The highest BCUT2D eigenvalue weighted by Gasteiger charge is 2.62. The number of anilines is 2. The third kappa shape index (κ3) is 8.27. The van der Waals surface area contributed by atoms with Crippen molar-refractivity contribution in [2.45, 2.75) is 30.3 Å². The topological polar surface area (TPSA) is 134 Å². The molecule has 49 heavy (non-hydrogen) atoms. The van der Waals surface area contributed by atoms with Crippen LogP contribution in [-0.4, -0.2) is 71.8 Å². The molecule has 0 bridgehead atoms. The molecule has 0 spiro atoms. The molecule has 1 unspecified atom stereocenters. The number of carbonyl (C=O) groups is 3. The number of likely N-dealkylation sites (N-methyl/N-ethyl adjacent to an activating group) is 2. The number of amides is 3. The number of hydrogen-bond acceptors (Lipinski definition) is 7. The molecule has 0 radical (unpaired) electrons. The minimum absolute atomic E-state index is 0.0478. The van der Waals surface area contributed by atoms with Crippen molar-refractivity contribution < 1.29 is 32.3 Å². The number of hydrogen-bond donors (Lipinski definition) is 2. The summed E-state index contributed by atoms with van der Waals surface area (Å²) in [6, 6.07) is 30.8. The van der Waals surface area contributed by atoms with E-state index in [0.717, 1.165) is 11.1 Å². The van der Waals surface area contributed by atoms with Crippen molar-refractivity contribution in [3.8, 4) is 11.5 Å². The number of benzene rings is 4. The Hall–Kier alpha value is -5.20. The molecule has 0 aliphatic heterocycles. The van der Waals surface area contributed by atoms with Gasteiger partial charge in [-0.05, 0) is 72.5 Å².